The number of aromatic nitrogens is 2. The summed E-state index contributed by atoms with van der Waals surface area (Å²) in [6.45, 7) is 7.03. The third kappa shape index (κ3) is 3.57. The van der Waals surface area contributed by atoms with Crippen molar-refractivity contribution < 1.29 is 4.79 Å². The van der Waals surface area contributed by atoms with Crippen molar-refractivity contribution in [2.75, 3.05) is 11.9 Å². The van der Waals surface area contributed by atoms with Crippen LogP contribution in [0.1, 0.15) is 29.7 Å². The number of halogens is 1. The number of amides is 1. The minimum atomic E-state index is -0.0801. The van der Waals surface area contributed by atoms with Crippen LogP contribution in [0.3, 0.4) is 0 Å². The molecule has 1 aliphatic heterocycles. The molecule has 1 amide bonds. The molecule has 1 aromatic heterocycles. The van der Waals surface area contributed by atoms with Gasteiger partial charge in [0.05, 0.1) is 29.3 Å². The van der Waals surface area contributed by atoms with Crippen LogP contribution in [0, 0.1) is 20.8 Å². The Morgan fingerprint density at radius 3 is 2.83 bits per heavy atom. The third-order valence-corrected chi connectivity index (χ3v) is 4.24. The Kier molecular flexibility index (Phi) is 5.44. The molecule has 2 heterocycles. The molecule has 1 saturated heterocycles. The standard InChI is InChI=1S/C17H22N4O.ClH/c1-11-6-7-12(2)16(9-11)21-13(3)15(10-19-21)20-17(22)14-5-4-8-18-14;/h6-7,9-10,14,18H,4-5,8H2,1-3H3,(H,20,22);1H. The van der Waals surface area contributed by atoms with Gasteiger partial charge in [-0.05, 0) is 57.4 Å². The molecule has 6 heteroatoms. The van der Waals surface area contributed by atoms with Crippen molar-refractivity contribution in [2.45, 2.75) is 39.7 Å². The van der Waals surface area contributed by atoms with Crippen LogP contribution in [-0.4, -0.2) is 28.3 Å². The number of nitrogens with zero attached hydrogens (tertiary/aromatic N) is 2. The molecule has 2 N–H and O–H groups in total. The minimum Gasteiger partial charge on any atom is -0.322 e. The summed E-state index contributed by atoms with van der Waals surface area (Å²) in [5.41, 5.74) is 5.13. The number of anilines is 1. The van der Waals surface area contributed by atoms with Crippen LogP contribution < -0.4 is 10.6 Å². The van der Waals surface area contributed by atoms with E-state index in [9.17, 15) is 4.79 Å². The first-order valence-corrected chi connectivity index (χ1v) is 7.73. The number of nitrogens with one attached hydrogen (secondary N) is 2. The normalized spacial score (nSPS) is 16.9. The van der Waals surface area contributed by atoms with Gasteiger partial charge in [-0.25, -0.2) is 4.68 Å². The fourth-order valence-electron chi connectivity index (χ4n) is 2.85. The fourth-order valence-corrected chi connectivity index (χ4v) is 2.85. The molecule has 0 radical (unpaired) electrons. The summed E-state index contributed by atoms with van der Waals surface area (Å²) in [4.78, 5) is 12.2. The molecule has 5 nitrogen and oxygen atoms in total. The number of hydrogen-bond donors (Lipinski definition) is 2. The number of hydrogen-bond acceptors (Lipinski definition) is 3. The lowest BCUT2D eigenvalue weighted by atomic mass is 10.1. The number of benzene rings is 1. The second-order valence-corrected chi connectivity index (χ2v) is 5.98. The summed E-state index contributed by atoms with van der Waals surface area (Å²) in [5, 5.41) is 10.7. The maximum atomic E-state index is 12.2. The van der Waals surface area contributed by atoms with Gasteiger partial charge in [-0.15, -0.1) is 12.4 Å². The van der Waals surface area contributed by atoms with Crippen LogP contribution in [0.25, 0.3) is 5.69 Å². The zero-order valence-corrected chi connectivity index (χ0v) is 14.5. The summed E-state index contributed by atoms with van der Waals surface area (Å²) >= 11 is 0. The molecule has 1 aromatic carbocycles. The fraction of sp³-hybridized carbons (Fsp3) is 0.412. The van der Waals surface area contributed by atoms with Crippen LogP contribution in [0.2, 0.25) is 0 Å². The van der Waals surface area contributed by atoms with Gasteiger partial charge in [0.1, 0.15) is 0 Å². The topological polar surface area (TPSA) is 59.0 Å². The number of aryl methyl sites for hydroxylation is 2. The molecule has 0 bridgehead atoms. The Balaban J connectivity index is 0.00000192. The van der Waals surface area contributed by atoms with E-state index in [1.165, 1.54) is 5.56 Å². The van der Waals surface area contributed by atoms with Crippen molar-refractivity contribution in [1.29, 1.82) is 0 Å². The SMILES string of the molecule is Cc1ccc(C)c(-n2ncc(NC(=O)C3CCCN3)c2C)c1.Cl. The highest BCUT2D eigenvalue weighted by Gasteiger charge is 2.23. The summed E-state index contributed by atoms with van der Waals surface area (Å²) in [7, 11) is 0. The second-order valence-electron chi connectivity index (χ2n) is 5.98. The predicted octanol–water partition coefficient (Wildman–Crippen LogP) is 2.91. The molecule has 1 aliphatic rings. The largest absolute Gasteiger partial charge is 0.322 e. The smallest absolute Gasteiger partial charge is 0.241 e. The van der Waals surface area contributed by atoms with Crippen molar-refractivity contribution in [1.82, 2.24) is 15.1 Å². The van der Waals surface area contributed by atoms with Crippen molar-refractivity contribution in [3.63, 3.8) is 0 Å². The first-order valence-electron chi connectivity index (χ1n) is 7.73. The average molecular weight is 335 g/mol. The Bertz CT molecular complexity index is 705. The monoisotopic (exact) mass is 334 g/mol. The summed E-state index contributed by atoms with van der Waals surface area (Å²) in [5.74, 6) is 0.0288. The molecule has 1 unspecified atom stereocenters. The van der Waals surface area contributed by atoms with Crippen LogP contribution >= 0.6 is 12.4 Å². The van der Waals surface area contributed by atoms with Gasteiger partial charge in [0.2, 0.25) is 5.91 Å². The van der Waals surface area contributed by atoms with Crippen molar-refractivity contribution >= 4 is 24.0 Å². The zero-order valence-electron chi connectivity index (χ0n) is 13.7. The molecule has 3 rings (SSSR count). The highest BCUT2D eigenvalue weighted by molar-refractivity contribution is 5.95. The minimum absolute atomic E-state index is 0. The lowest BCUT2D eigenvalue weighted by molar-refractivity contribution is -0.117. The zero-order chi connectivity index (χ0) is 15.7. The molecule has 0 saturated carbocycles. The lowest BCUT2D eigenvalue weighted by Crippen LogP contribution is -2.35. The van der Waals surface area contributed by atoms with Gasteiger partial charge in [0, 0.05) is 0 Å². The molecule has 0 spiro atoms. The van der Waals surface area contributed by atoms with Gasteiger partial charge in [-0.1, -0.05) is 12.1 Å². The molecule has 0 aliphatic carbocycles. The van der Waals surface area contributed by atoms with Crippen LogP contribution in [0.4, 0.5) is 5.69 Å². The van der Waals surface area contributed by atoms with E-state index in [2.05, 4.69) is 47.8 Å². The average Bonchev–Trinajstić information content (AvgIpc) is 3.13. The first kappa shape index (κ1) is 17.5. The van der Waals surface area contributed by atoms with E-state index in [4.69, 9.17) is 0 Å². The summed E-state index contributed by atoms with van der Waals surface area (Å²) in [6.07, 6.45) is 3.68. The molecule has 1 fully saturated rings. The number of carbonyl (C=O) groups is 1. The number of carbonyl (C=O) groups excluding carboxylic acids is 1. The Hall–Kier alpha value is -1.85. The Labute approximate surface area is 142 Å². The van der Waals surface area contributed by atoms with Gasteiger partial charge in [-0.2, -0.15) is 5.10 Å². The Morgan fingerprint density at radius 1 is 1.35 bits per heavy atom. The molecule has 23 heavy (non-hydrogen) atoms. The van der Waals surface area contributed by atoms with E-state index < -0.39 is 0 Å². The van der Waals surface area contributed by atoms with Gasteiger partial charge < -0.3 is 10.6 Å². The molecular weight excluding hydrogens is 312 g/mol. The molecule has 1 atom stereocenters. The van der Waals surface area contributed by atoms with E-state index in [1.807, 2.05) is 11.6 Å². The van der Waals surface area contributed by atoms with Gasteiger partial charge in [0.25, 0.3) is 0 Å². The maximum Gasteiger partial charge on any atom is 0.241 e. The maximum absolute atomic E-state index is 12.2. The van der Waals surface area contributed by atoms with E-state index >= 15 is 0 Å². The van der Waals surface area contributed by atoms with E-state index in [-0.39, 0.29) is 24.4 Å². The summed E-state index contributed by atoms with van der Waals surface area (Å²) < 4.78 is 1.89. The molecular formula is C17H23ClN4O. The quantitative estimate of drug-likeness (QED) is 0.907. The van der Waals surface area contributed by atoms with E-state index in [0.717, 1.165) is 42.0 Å². The third-order valence-electron chi connectivity index (χ3n) is 4.24. The Morgan fingerprint density at radius 2 is 2.13 bits per heavy atom. The van der Waals surface area contributed by atoms with Gasteiger partial charge in [-0.3, -0.25) is 4.79 Å². The van der Waals surface area contributed by atoms with Crippen molar-refractivity contribution in [2.24, 2.45) is 0 Å². The van der Waals surface area contributed by atoms with Gasteiger partial charge >= 0.3 is 0 Å². The molecule has 2 aromatic rings. The predicted molar refractivity (Wildman–Crippen MR) is 94.7 cm³/mol. The first-order chi connectivity index (χ1) is 10.6. The van der Waals surface area contributed by atoms with Gasteiger partial charge in [0.15, 0.2) is 0 Å². The van der Waals surface area contributed by atoms with E-state index in [1.54, 1.807) is 6.20 Å². The van der Waals surface area contributed by atoms with Crippen molar-refractivity contribution in [3.05, 3.63) is 41.2 Å². The van der Waals surface area contributed by atoms with Crippen molar-refractivity contribution in [3.8, 4) is 5.69 Å². The van der Waals surface area contributed by atoms with E-state index in [0.29, 0.717) is 0 Å². The summed E-state index contributed by atoms with van der Waals surface area (Å²) in [6, 6.07) is 6.21. The number of rotatable bonds is 3. The van der Waals surface area contributed by atoms with Crippen LogP contribution in [0.15, 0.2) is 24.4 Å². The highest BCUT2D eigenvalue weighted by atomic mass is 35.5. The molecule has 124 valence electrons. The lowest BCUT2D eigenvalue weighted by Gasteiger charge is -2.12. The second kappa shape index (κ2) is 7.15. The van der Waals surface area contributed by atoms with Crippen LogP contribution in [0.5, 0.6) is 0 Å². The highest BCUT2D eigenvalue weighted by Crippen LogP contribution is 2.22. The van der Waals surface area contributed by atoms with Crippen LogP contribution in [-0.2, 0) is 4.79 Å².